The quantitative estimate of drug-likeness (QED) is 0.840. The highest BCUT2D eigenvalue weighted by atomic mass is 16.5. The van der Waals surface area contributed by atoms with E-state index in [2.05, 4.69) is 0 Å². The number of hydrogen-bond donors (Lipinski definition) is 1. The van der Waals surface area contributed by atoms with Gasteiger partial charge < -0.3 is 15.4 Å². The van der Waals surface area contributed by atoms with E-state index < -0.39 is 6.04 Å². The van der Waals surface area contributed by atoms with Crippen LogP contribution >= 0.6 is 0 Å². The Morgan fingerprint density at radius 3 is 2.47 bits per heavy atom. The summed E-state index contributed by atoms with van der Waals surface area (Å²) in [4.78, 5) is 13.2. The van der Waals surface area contributed by atoms with Gasteiger partial charge in [-0.15, -0.1) is 0 Å². The second-order valence-corrected chi connectivity index (χ2v) is 4.06. The maximum absolute atomic E-state index is 11.6. The zero-order valence-electron chi connectivity index (χ0n) is 10.6. The summed E-state index contributed by atoms with van der Waals surface area (Å²) in [6.45, 7) is 4.86. The van der Waals surface area contributed by atoms with Crippen molar-refractivity contribution < 1.29 is 9.53 Å². The number of benzene rings is 1. The molecule has 4 nitrogen and oxygen atoms in total. The first-order chi connectivity index (χ1) is 8.04. The van der Waals surface area contributed by atoms with Gasteiger partial charge in [0.05, 0.1) is 12.6 Å². The van der Waals surface area contributed by atoms with E-state index in [0.29, 0.717) is 13.2 Å². The number of carbonyl (C=O) groups is 1. The number of rotatable bonds is 5. The van der Waals surface area contributed by atoms with Gasteiger partial charge in [0.2, 0.25) is 5.91 Å². The van der Waals surface area contributed by atoms with Crippen molar-refractivity contribution in [2.45, 2.75) is 26.4 Å². The Morgan fingerprint density at radius 2 is 2.00 bits per heavy atom. The lowest BCUT2D eigenvalue weighted by Gasteiger charge is -2.19. The fraction of sp³-hybridized carbons (Fsp3) is 0.462. The van der Waals surface area contributed by atoms with Gasteiger partial charge in [-0.2, -0.15) is 0 Å². The second kappa shape index (κ2) is 6.25. The first-order valence-corrected chi connectivity index (χ1v) is 5.77. The van der Waals surface area contributed by atoms with Gasteiger partial charge in [0, 0.05) is 13.6 Å². The number of likely N-dealkylation sites (N-methyl/N-ethyl adjacent to an activating group) is 1. The van der Waals surface area contributed by atoms with Crippen molar-refractivity contribution in [1.82, 2.24) is 4.90 Å². The third kappa shape index (κ3) is 4.07. The van der Waals surface area contributed by atoms with E-state index in [0.717, 1.165) is 11.3 Å². The standard InChI is InChI=1S/C13H20N2O2/c1-4-17-12-7-5-11(6-8-12)9-15(3)13(16)10(2)14/h5-8,10H,4,9,14H2,1-3H3/t10-/m1/s1. The zero-order chi connectivity index (χ0) is 12.8. The molecule has 4 heteroatoms. The fourth-order valence-electron chi connectivity index (χ4n) is 1.56. The highest BCUT2D eigenvalue weighted by molar-refractivity contribution is 5.80. The van der Waals surface area contributed by atoms with Crippen LogP contribution in [0.5, 0.6) is 5.75 Å². The number of nitrogens with two attached hydrogens (primary N) is 1. The van der Waals surface area contributed by atoms with Crippen LogP contribution in [0.1, 0.15) is 19.4 Å². The molecule has 1 atom stereocenters. The molecule has 0 aliphatic heterocycles. The Balaban J connectivity index is 2.60. The molecular weight excluding hydrogens is 216 g/mol. The maximum Gasteiger partial charge on any atom is 0.239 e. The summed E-state index contributed by atoms with van der Waals surface area (Å²) in [6, 6.07) is 7.26. The lowest BCUT2D eigenvalue weighted by Crippen LogP contribution is -2.39. The summed E-state index contributed by atoms with van der Waals surface area (Å²) < 4.78 is 5.35. The van der Waals surface area contributed by atoms with Gasteiger partial charge in [-0.3, -0.25) is 4.79 Å². The van der Waals surface area contributed by atoms with Crippen LogP contribution in [-0.4, -0.2) is 30.5 Å². The molecule has 0 bridgehead atoms. The Morgan fingerprint density at radius 1 is 1.41 bits per heavy atom. The molecule has 0 radical (unpaired) electrons. The molecule has 0 unspecified atom stereocenters. The lowest BCUT2D eigenvalue weighted by molar-refractivity contribution is -0.131. The van der Waals surface area contributed by atoms with Crippen LogP contribution in [0.4, 0.5) is 0 Å². The van der Waals surface area contributed by atoms with Crippen molar-refractivity contribution in [2.24, 2.45) is 5.73 Å². The average molecular weight is 236 g/mol. The molecule has 94 valence electrons. The van der Waals surface area contributed by atoms with Crippen LogP contribution in [0.2, 0.25) is 0 Å². The van der Waals surface area contributed by atoms with Crippen LogP contribution < -0.4 is 10.5 Å². The number of hydrogen-bond acceptors (Lipinski definition) is 3. The van der Waals surface area contributed by atoms with Crippen LogP contribution in [-0.2, 0) is 11.3 Å². The highest BCUT2D eigenvalue weighted by Crippen LogP contribution is 2.13. The van der Waals surface area contributed by atoms with E-state index >= 15 is 0 Å². The van der Waals surface area contributed by atoms with Crippen molar-refractivity contribution in [3.05, 3.63) is 29.8 Å². The smallest absolute Gasteiger partial charge is 0.239 e. The first kappa shape index (κ1) is 13.5. The van der Waals surface area contributed by atoms with Crippen LogP contribution in [0.15, 0.2) is 24.3 Å². The molecule has 0 saturated heterocycles. The van der Waals surface area contributed by atoms with E-state index in [4.69, 9.17) is 10.5 Å². The third-order valence-corrected chi connectivity index (χ3v) is 2.42. The molecule has 0 spiro atoms. The fourth-order valence-corrected chi connectivity index (χ4v) is 1.56. The van der Waals surface area contributed by atoms with E-state index in [1.807, 2.05) is 31.2 Å². The molecule has 1 aromatic carbocycles. The number of carbonyl (C=O) groups excluding carboxylic acids is 1. The Kier molecular flexibility index (Phi) is 4.97. The van der Waals surface area contributed by atoms with Gasteiger partial charge in [-0.25, -0.2) is 0 Å². The van der Waals surface area contributed by atoms with E-state index in [1.54, 1.807) is 18.9 Å². The minimum atomic E-state index is -0.456. The minimum Gasteiger partial charge on any atom is -0.494 e. The maximum atomic E-state index is 11.6. The monoisotopic (exact) mass is 236 g/mol. The molecule has 1 amide bonds. The average Bonchev–Trinajstić information content (AvgIpc) is 2.30. The van der Waals surface area contributed by atoms with Crippen molar-refractivity contribution in [1.29, 1.82) is 0 Å². The molecular formula is C13H20N2O2. The predicted octanol–water partition coefficient (Wildman–Crippen LogP) is 1.39. The first-order valence-electron chi connectivity index (χ1n) is 5.77. The summed E-state index contributed by atoms with van der Waals surface area (Å²) in [5.74, 6) is 0.788. The Labute approximate surface area is 102 Å². The summed E-state index contributed by atoms with van der Waals surface area (Å²) in [5, 5.41) is 0. The normalized spacial score (nSPS) is 12.0. The molecule has 17 heavy (non-hydrogen) atoms. The van der Waals surface area contributed by atoms with E-state index in [9.17, 15) is 4.79 Å². The lowest BCUT2D eigenvalue weighted by atomic mass is 10.2. The van der Waals surface area contributed by atoms with Gasteiger partial charge in [-0.1, -0.05) is 12.1 Å². The highest BCUT2D eigenvalue weighted by Gasteiger charge is 2.13. The van der Waals surface area contributed by atoms with Gasteiger partial charge in [0.15, 0.2) is 0 Å². The zero-order valence-corrected chi connectivity index (χ0v) is 10.6. The topological polar surface area (TPSA) is 55.6 Å². The molecule has 0 aliphatic carbocycles. The van der Waals surface area contributed by atoms with Crippen molar-refractivity contribution in [3.8, 4) is 5.75 Å². The minimum absolute atomic E-state index is 0.0566. The van der Waals surface area contributed by atoms with Crippen LogP contribution in [0.3, 0.4) is 0 Å². The number of nitrogens with zero attached hydrogens (tertiary/aromatic N) is 1. The number of ether oxygens (including phenoxy) is 1. The molecule has 0 fully saturated rings. The Hall–Kier alpha value is -1.55. The van der Waals surface area contributed by atoms with E-state index in [-0.39, 0.29) is 5.91 Å². The molecule has 1 aromatic rings. The van der Waals surface area contributed by atoms with Gasteiger partial charge in [0.1, 0.15) is 5.75 Å². The number of amides is 1. The molecule has 0 saturated carbocycles. The second-order valence-electron chi connectivity index (χ2n) is 4.06. The molecule has 0 aromatic heterocycles. The van der Waals surface area contributed by atoms with Crippen LogP contribution in [0, 0.1) is 0 Å². The molecule has 1 rings (SSSR count). The summed E-state index contributed by atoms with van der Waals surface area (Å²) in [6.07, 6.45) is 0. The van der Waals surface area contributed by atoms with Crippen molar-refractivity contribution in [2.75, 3.05) is 13.7 Å². The largest absolute Gasteiger partial charge is 0.494 e. The van der Waals surface area contributed by atoms with Crippen molar-refractivity contribution >= 4 is 5.91 Å². The third-order valence-electron chi connectivity index (χ3n) is 2.42. The Bertz CT molecular complexity index is 360. The van der Waals surface area contributed by atoms with Gasteiger partial charge in [-0.05, 0) is 31.5 Å². The molecule has 0 heterocycles. The molecule has 0 aliphatic rings. The van der Waals surface area contributed by atoms with Crippen LogP contribution in [0.25, 0.3) is 0 Å². The van der Waals surface area contributed by atoms with E-state index in [1.165, 1.54) is 0 Å². The van der Waals surface area contributed by atoms with Gasteiger partial charge >= 0.3 is 0 Å². The predicted molar refractivity (Wildman–Crippen MR) is 67.7 cm³/mol. The SMILES string of the molecule is CCOc1ccc(CN(C)C(=O)[C@@H](C)N)cc1. The summed E-state index contributed by atoms with van der Waals surface area (Å²) in [7, 11) is 1.75. The van der Waals surface area contributed by atoms with Crippen molar-refractivity contribution in [3.63, 3.8) is 0 Å². The summed E-state index contributed by atoms with van der Waals surface area (Å²) >= 11 is 0. The summed E-state index contributed by atoms with van der Waals surface area (Å²) in [5.41, 5.74) is 6.60. The van der Waals surface area contributed by atoms with Gasteiger partial charge in [0.25, 0.3) is 0 Å². The molecule has 2 N–H and O–H groups in total.